The predicted molar refractivity (Wildman–Crippen MR) is 111 cm³/mol. The Labute approximate surface area is 172 Å². The molecule has 0 unspecified atom stereocenters. The molecule has 2 aromatic heterocycles. The molecule has 1 amide bonds. The molecule has 0 saturated heterocycles. The lowest BCUT2D eigenvalue weighted by molar-refractivity contribution is -0.385. The lowest BCUT2D eigenvalue weighted by Crippen LogP contribution is -2.14. The highest BCUT2D eigenvalue weighted by Crippen LogP contribution is 2.28. The summed E-state index contributed by atoms with van der Waals surface area (Å²) >= 11 is 3.36. The van der Waals surface area contributed by atoms with E-state index in [9.17, 15) is 14.9 Å². The first-order chi connectivity index (χ1) is 13.9. The van der Waals surface area contributed by atoms with E-state index in [0.717, 1.165) is 4.47 Å². The largest absolute Gasteiger partial charge is 0.436 e. The van der Waals surface area contributed by atoms with Crippen LogP contribution in [0.4, 0.5) is 11.4 Å². The number of aromatic nitrogens is 2. The van der Waals surface area contributed by atoms with Gasteiger partial charge in [0.1, 0.15) is 5.52 Å². The molecular formula is C20H13BrN4O4. The van der Waals surface area contributed by atoms with Gasteiger partial charge in [0, 0.05) is 39.7 Å². The van der Waals surface area contributed by atoms with Crippen molar-refractivity contribution in [1.29, 1.82) is 0 Å². The van der Waals surface area contributed by atoms with Crippen molar-refractivity contribution in [3.05, 3.63) is 80.6 Å². The first-order valence-electron chi connectivity index (χ1n) is 8.49. The number of anilines is 1. The zero-order chi connectivity index (χ0) is 20.5. The predicted octanol–water partition coefficient (Wildman–Crippen LogP) is 5.12. The van der Waals surface area contributed by atoms with Crippen LogP contribution in [0.1, 0.15) is 15.9 Å². The maximum absolute atomic E-state index is 12.6. The van der Waals surface area contributed by atoms with Gasteiger partial charge in [0.15, 0.2) is 5.58 Å². The number of halogens is 1. The zero-order valence-corrected chi connectivity index (χ0v) is 16.6. The molecule has 0 aliphatic rings. The van der Waals surface area contributed by atoms with Crippen molar-refractivity contribution >= 4 is 44.3 Å². The number of nitrogens with zero attached hydrogens (tertiary/aromatic N) is 3. The van der Waals surface area contributed by atoms with Gasteiger partial charge in [-0.3, -0.25) is 19.9 Å². The molecule has 1 N–H and O–H groups in total. The summed E-state index contributed by atoms with van der Waals surface area (Å²) in [5.41, 5.74) is 2.78. The molecule has 0 saturated carbocycles. The van der Waals surface area contributed by atoms with Crippen molar-refractivity contribution in [1.82, 2.24) is 9.97 Å². The number of fused-ring (bicyclic) bond motifs is 1. The van der Waals surface area contributed by atoms with Crippen LogP contribution in [0.25, 0.3) is 22.6 Å². The maximum Gasteiger partial charge on any atom is 0.273 e. The molecule has 8 nitrogen and oxygen atoms in total. The lowest BCUT2D eigenvalue weighted by Gasteiger charge is -2.07. The second-order valence-electron chi connectivity index (χ2n) is 6.25. The highest BCUT2D eigenvalue weighted by molar-refractivity contribution is 9.10. The van der Waals surface area contributed by atoms with E-state index < -0.39 is 10.8 Å². The molecular weight excluding hydrogens is 440 g/mol. The summed E-state index contributed by atoms with van der Waals surface area (Å²) in [4.78, 5) is 31.7. The molecule has 2 aromatic carbocycles. The zero-order valence-electron chi connectivity index (χ0n) is 15.0. The van der Waals surface area contributed by atoms with Crippen molar-refractivity contribution in [2.45, 2.75) is 6.92 Å². The number of oxazole rings is 1. The van der Waals surface area contributed by atoms with Crippen molar-refractivity contribution in [3.63, 3.8) is 0 Å². The van der Waals surface area contributed by atoms with Crippen LogP contribution >= 0.6 is 15.9 Å². The monoisotopic (exact) mass is 452 g/mol. The van der Waals surface area contributed by atoms with Crippen LogP contribution in [-0.2, 0) is 0 Å². The molecule has 0 radical (unpaired) electrons. The number of nitro groups is 1. The Hall–Kier alpha value is -3.59. The van der Waals surface area contributed by atoms with Gasteiger partial charge in [0.25, 0.3) is 11.6 Å². The summed E-state index contributed by atoms with van der Waals surface area (Å²) in [7, 11) is 0. The van der Waals surface area contributed by atoms with Crippen LogP contribution in [0.2, 0.25) is 0 Å². The van der Waals surface area contributed by atoms with E-state index in [1.165, 1.54) is 12.1 Å². The number of pyridine rings is 1. The number of nitro benzene ring substituents is 1. The molecule has 4 rings (SSSR count). The van der Waals surface area contributed by atoms with E-state index in [0.29, 0.717) is 33.8 Å². The minimum Gasteiger partial charge on any atom is -0.436 e. The first kappa shape index (κ1) is 18.8. The van der Waals surface area contributed by atoms with Crippen LogP contribution in [0.3, 0.4) is 0 Å². The van der Waals surface area contributed by atoms with E-state index >= 15 is 0 Å². The fourth-order valence-electron chi connectivity index (χ4n) is 2.92. The molecule has 0 spiro atoms. The van der Waals surface area contributed by atoms with E-state index in [2.05, 4.69) is 31.2 Å². The Kier molecular flexibility index (Phi) is 4.81. The van der Waals surface area contributed by atoms with Gasteiger partial charge in [-0.2, -0.15) is 0 Å². The summed E-state index contributed by atoms with van der Waals surface area (Å²) in [6, 6.07) is 11.3. The Morgan fingerprint density at radius 2 is 2.03 bits per heavy atom. The topological polar surface area (TPSA) is 111 Å². The Bertz CT molecular complexity index is 1270. The molecule has 0 aliphatic carbocycles. The third-order valence-electron chi connectivity index (χ3n) is 4.34. The highest BCUT2D eigenvalue weighted by Gasteiger charge is 2.18. The number of hydrogen-bond acceptors (Lipinski definition) is 6. The van der Waals surface area contributed by atoms with Gasteiger partial charge < -0.3 is 9.73 Å². The van der Waals surface area contributed by atoms with Crippen molar-refractivity contribution in [2.75, 3.05) is 5.32 Å². The fourth-order valence-corrected chi connectivity index (χ4v) is 3.29. The van der Waals surface area contributed by atoms with E-state index in [4.69, 9.17) is 4.42 Å². The second kappa shape index (κ2) is 7.44. The molecule has 29 heavy (non-hydrogen) atoms. The molecule has 0 atom stereocenters. The maximum atomic E-state index is 12.6. The third kappa shape index (κ3) is 3.72. The van der Waals surface area contributed by atoms with Crippen molar-refractivity contribution in [2.24, 2.45) is 0 Å². The number of carbonyl (C=O) groups excluding carboxylic acids is 1. The molecule has 0 aliphatic heterocycles. The normalized spacial score (nSPS) is 10.8. The number of hydrogen-bond donors (Lipinski definition) is 1. The number of amides is 1. The summed E-state index contributed by atoms with van der Waals surface area (Å²) in [5.74, 6) is -0.0303. The van der Waals surface area contributed by atoms with Gasteiger partial charge in [-0.1, -0.05) is 6.07 Å². The average molecular weight is 453 g/mol. The van der Waals surface area contributed by atoms with E-state index in [-0.39, 0.29) is 11.3 Å². The van der Waals surface area contributed by atoms with Gasteiger partial charge in [0.05, 0.1) is 10.5 Å². The highest BCUT2D eigenvalue weighted by atomic mass is 79.9. The van der Waals surface area contributed by atoms with E-state index in [1.807, 2.05) is 6.07 Å². The molecule has 144 valence electrons. The van der Waals surface area contributed by atoms with Crippen LogP contribution < -0.4 is 5.32 Å². The minimum absolute atomic E-state index is 0.100. The molecule has 0 bridgehead atoms. The molecule has 2 heterocycles. The Morgan fingerprint density at radius 3 is 2.79 bits per heavy atom. The summed E-state index contributed by atoms with van der Waals surface area (Å²) in [5, 5.41) is 13.8. The van der Waals surface area contributed by atoms with Gasteiger partial charge >= 0.3 is 0 Å². The molecule has 0 fully saturated rings. The van der Waals surface area contributed by atoms with Gasteiger partial charge in [-0.05, 0) is 53.2 Å². The number of carbonyl (C=O) groups is 1. The quantitative estimate of drug-likeness (QED) is 0.339. The lowest BCUT2D eigenvalue weighted by atomic mass is 10.1. The SMILES string of the molecule is Cc1c(C(=O)Nc2ccc3oc(-c4cncc(Br)c4)nc3c2)cccc1[N+](=O)[O-]. The van der Waals surface area contributed by atoms with Crippen LogP contribution in [0.5, 0.6) is 0 Å². The minimum atomic E-state index is -0.508. The number of rotatable bonds is 4. The van der Waals surface area contributed by atoms with Gasteiger partial charge in [0.2, 0.25) is 5.89 Å². The van der Waals surface area contributed by atoms with Crippen molar-refractivity contribution < 1.29 is 14.1 Å². The Balaban J connectivity index is 1.63. The smallest absolute Gasteiger partial charge is 0.273 e. The summed E-state index contributed by atoms with van der Waals surface area (Å²) in [6.45, 7) is 1.55. The number of benzene rings is 2. The van der Waals surface area contributed by atoms with Crippen molar-refractivity contribution in [3.8, 4) is 11.5 Å². The summed E-state index contributed by atoms with van der Waals surface area (Å²) < 4.78 is 6.56. The van der Waals surface area contributed by atoms with Gasteiger partial charge in [-0.15, -0.1) is 0 Å². The van der Waals surface area contributed by atoms with E-state index in [1.54, 1.807) is 43.6 Å². The van der Waals surface area contributed by atoms with Gasteiger partial charge in [-0.25, -0.2) is 4.98 Å². The second-order valence-corrected chi connectivity index (χ2v) is 7.17. The summed E-state index contributed by atoms with van der Waals surface area (Å²) in [6.07, 6.45) is 3.30. The van der Waals surface area contributed by atoms with Crippen LogP contribution in [0, 0.1) is 17.0 Å². The first-order valence-corrected chi connectivity index (χ1v) is 9.28. The van der Waals surface area contributed by atoms with Crippen LogP contribution in [0.15, 0.2) is 63.7 Å². The van der Waals surface area contributed by atoms with Crippen LogP contribution in [-0.4, -0.2) is 20.8 Å². The standard InChI is InChI=1S/C20H13BrN4O4/c1-11-15(3-2-4-17(11)25(27)28)19(26)23-14-5-6-18-16(8-14)24-20(29-18)12-7-13(21)10-22-9-12/h2-10H,1H3,(H,23,26). The molecule has 4 aromatic rings. The third-order valence-corrected chi connectivity index (χ3v) is 4.78. The average Bonchev–Trinajstić information content (AvgIpc) is 3.11. The molecule has 9 heteroatoms. The Morgan fingerprint density at radius 1 is 1.21 bits per heavy atom. The number of nitrogens with one attached hydrogen (secondary N) is 1. The fraction of sp³-hybridized carbons (Fsp3) is 0.0500.